The fourth-order valence-corrected chi connectivity index (χ4v) is 3.79. The normalized spacial score (nSPS) is 22.6. The van der Waals surface area contributed by atoms with Crippen molar-refractivity contribution in [2.75, 3.05) is 32.0 Å². The van der Waals surface area contributed by atoms with Gasteiger partial charge in [0, 0.05) is 37.8 Å². The molecule has 4 rings (SSSR count). The number of likely N-dealkylation sites (tertiary alicyclic amines) is 1. The third kappa shape index (κ3) is 3.63. The lowest BCUT2D eigenvalue weighted by atomic mass is 9.95. The molecule has 3 heterocycles. The quantitative estimate of drug-likeness (QED) is 0.874. The number of furan rings is 1. The molecule has 0 radical (unpaired) electrons. The highest BCUT2D eigenvalue weighted by molar-refractivity contribution is 5.89. The maximum atomic E-state index is 12.6. The molecule has 2 fully saturated rings. The Morgan fingerprint density at radius 2 is 1.96 bits per heavy atom. The van der Waals surface area contributed by atoms with E-state index in [-0.39, 0.29) is 12.1 Å². The zero-order chi connectivity index (χ0) is 18.9. The van der Waals surface area contributed by atoms with Gasteiger partial charge >= 0.3 is 12.1 Å². The number of carbonyl (C=O) groups is 2. The Bertz CT molecular complexity index is 818. The molecule has 1 atom stereocenters. The molecular weight excluding hydrogens is 346 g/mol. The second-order valence-corrected chi connectivity index (χ2v) is 7.23. The third-order valence-electron chi connectivity index (χ3n) is 5.27. The second kappa shape index (κ2) is 6.98. The number of benzene rings is 1. The van der Waals surface area contributed by atoms with E-state index in [2.05, 4.69) is 5.32 Å². The molecule has 2 aromatic rings. The summed E-state index contributed by atoms with van der Waals surface area (Å²) >= 11 is 0. The van der Waals surface area contributed by atoms with E-state index in [4.69, 9.17) is 9.15 Å². The monoisotopic (exact) mass is 369 g/mol. The fourth-order valence-electron chi connectivity index (χ4n) is 3.79. The van der Waals surface area contributed by atoms with E-state index in [9.17, 15) is 9.59 Å². The molecule has 0 saturated carbocycles. The van der Waals surface area contributed by atoms with Gasteiger partial charge < -0.3 is 24.3 Å². The topological polar surface area (TPSA) is 75.0 Å². The molecule has 142 valence electrons. The van der Waals surface area contributed by atoms with Gasteiger partial charge in [0.15, 0.2) is 0 Å². The number of amides is 3. The van der Waals surface area contributed by atoms with Gasteiger partial charge in [-0.2, -0.15) is 0 Å². The van der Waals surface area contributed by atoms with E-state index in [1.54, 1.807) is 23.1 Å². The first kappa shape index (κ1) is 17.5. The van der Waals surface area contributed by atoms with Gasteiger partial charge in [-0.25, -0.2) is 9.59 Å². The Labute approximate surface area is 157 Å². The van der Waals surface area contributed by atoms with Gasteiger partial charge in [0.2, 0.25) is 0 Å². The van der Waals surface area contributed by atoms with Crippen LogP contribution in [-0.4, -0.2) is 54.2 Å². The van der Waals surface area contributed by atoms with Crippen LogP contribution in [-0.2, 0) is 4.74 Å². The van der Waals surface area contributed by atoms with E-state index >= 15 is 0 Å². The van der Waals surface area contributed by atoms with Crippen LogP contribution in [0.5, 0.6) is 0 Å². The maximum absolute atomic E-state index is 12.6. The van der Waals surface area contributed by atoms with Gasteiger partial charge in [0.1, 0.15) is 11.4 Å². The van der Waals surface area contributed by atoms with Crippen molar-refractivity contribution in [3.05, 3.63) is 42.7 Å². The minimum Gasteiger partial charge on any atom is -0.464 e. The highest BCUT2D eigenvalue weighted by Crippen LogP contribution is 2.32. The summed E-state index contributed by atoms with van der Waals surface area (Å²) in [6, 6.07) is 11.2. The lowest BCUT2D eigenvalue weighted by Gasteiger charge is -2.25. The van der Waals surface area contributed by atoms with E-state index in [1.165, 1.54) is 0 Å². The Morgan fingerprint density at radius 1 is 1.15 bits per heavy atom. The Morgan fingerprint density at radius 3 is 2.63 bits per heavy atom. The molecule has 0 unspecified atom stereocenters. The third-order valence-corrected chi connectivity index (χ3v) is 5.27. The van der Waals surface area contributed by atoms with Crippen LogP contribution in [0.1, 0.15) is 19.3 Å². The molecular formula is C20H23N3O4. The van der Waals surface area contributed by atoms with Crippen molar-refractivity contribution < 1.29 is 18.7 Å². The lowest BCUT2D eigenvalue weighted by molar-refractivity contribution is 0.0454. The number of nitrogens with one attached hydrogen (secondary N) is 1. The molecule has 3 amide bonds. The van der Waals surface area contributed by atoms with Gasteiger partial charge in [-0.05, 0) is 49.2 Å². The van der Waals surface area contributed by atoms with Crippen molar-refractivity contribution in [3.8, 4) is 11.3 Å². The zero-order valence-electron chi connectivity index (χ0n) is 15.3. The van der Waals surface area contributed by atoms with Crippen LogP contribution in [0.2, 0.25) is 0 Å². The molecule has 7 nitrogen and oxygen atoms in total. The van der Waals surface area contributed by atoms with E-state index < -0.39 is 5.60 Å². The number of likely N-dealkylation sites (N-methyl/N-ethyl adjacent to an activating group) is 1. The molecule has 27 heavy (non-hydrogen) atoms. The number of anilines is 1. The van der Waals surface area contributed by atoms with Crippen molar-refractivity contribution >= 4 is 17.8 Å². The van der Waals surface area contributed by atoms with E-state index in [1.807, 2.05) is 36.4 Å². The zero-order valence-corrected chi connectivity index (χ0v) is 15.3. The molecule has 1 aromatic carbocycles. The minimum atomic E-state index is -0.453. The maximum Gasteiger partial charge on any atom is 0.410 e. The Hall–Kier alpha value is -2.96. The minimum absolute atomic E-state index is 0.129. The first-order valence-electron chi connectivity index (χ1n) is 9.19. The molecule has 1 spiro atoms. The highest BCUT2D eigenvalue weighted by Gasteiger charge is 2.44. The van der Waals surface area contributed by atoms with Crippen molar-refractivity contribution in [1.29, 1.82) is 0 Å². The molecule has 0 aliphatic carbocycles. The SMILES string of the molecule is CN1C[C@]2(CCCN(C(=O)Nc3ccc(-c4ccco4)cc3)CC2)OC1=O. The predicted octanol–water partition coefficient (Wildman–Crippen LogP) is 3.79. The number of hydrogen-bond acceptors (Lipinski definition) is 4. The number of carbonyl (C=O) groups excluding carboxylic acids is 2. The summed E-state index contributed by atoms with van der Waals surface area (Å²) in [5.41, 5.74) is 1.24. The average Bonchev–Trinajstić information content (AvgIpc) is 3.22. The largest absolute Gasteiger partial charge is 0.464 e. The number of rotatable bonds is 2. The van der Waals surface area contributed by atoms with Crippen molar-refractivity contribution in [3.63, 3.8) is 0 Å². The van der Waals surface area contributed by atoms with Crippen LogP contribution in [0.15, 0.2) is 47.1 Å². The lowest BCUT2D eigenvalue weighted by Crippen LogP contribution is -2.38. The summed E-state index contributed by atoms with van der Waals surface area (Å²) in [6.45, 7) is 1.81. The molecule has 2 saturated heterocycles. The van der Waals surface area contributed by atoms with Crippen molar-refractivity contribution in [2.45, 2.75) is 24.9 Å². The molecule has 1 aromatic heterocycles. The first-order chi connectivity index (χ1) is 13.0. The van der Waals surface area contributed by atoms with Gasteiger partial charge in [0.25, 0.3) is 0 Å². The summed E-state index contributed by atoms with van der Waals surface area (Å²) < 4.78 is 11.0. The first-order valence-corrected chi connectivity index (χ1v) is 9.19. The van der Waals surface area contributed by atoms with Gasteiger partial charge in [-0.3, -0.25) is 0 Å². The Kier molecular flexibility index (Phi) is 4.51. The molecule has 7 heteroatoms. The number of urea groups is 1. The standard InChI is InChI=1S/C20H23N3O4/c1-22-14-20(27-19(22)25)9-3-11-23(12-10-20)18(24)21-16-7-5-15(6-8-16)17-4-2-13-26-17/h2,4-8,13H,3,9-12,14H2,1H3,(H,21,24)/t20-/m1/s1. The number of ether oxygens (including phenoxy) is 1. The number of nitrogens with zero attached hydrogens (tertiary/aromatic N) is 2. The van der Waals surface area contributed by atoms with Crippen molar-refractivity contribution in [2.24, 2.45) is 0 Å². The molecule has 0 bridgehead atoms. The van der Waals surface area contributed by atoms with Crippen LogP contribution in [0, 0.1) is 0 Å². The van der Waals surface area contributed by atoms with Crippen LogP contribution >= 0.6 is 0 Å². The number of hydrogen-bond donors (Lipinski definition) is 1. The predicted molar refractivity (Wildman–Crippen MR) is 100 cm³/mol. The van der Waals surface area contributed by atoms with Gasteiger partial charge in [-0.15, -0.1) is 0 Å². The smallest absolute Gasteiger partial charge is 0.410 e. The fraction of sp³-hybridized carbons (Fsp3) is 0.400. The van der Waals surface area contributed by atoms with Crippen LogP contribution < -0.4 is 5.32 Å². The average molecular weight is 369 g/mol. The molecule has 2 aliphatic rings. The summed E-state index contributed by atoms with van der Waals surface area (Å²) in [7, 11) is 1.75. The highest BCUT2D eigenvalue weighted by atomic mass is 16.6. The van der Waals surface area contributed by atoms with Gasteiger partial charge in [0.05, 0.1) is 12.8 Å². The summed E-state index contributed by atoms with van der Waals surface area (Å²) in [4.78, 5) is 27.8. The molecule has 2 aliphatic heterocycles. The van der Waals surface area contributed by atoms with E-state index in [0.717, 1.165) is 29.9 Å². The van der Waals surface area contributed by atoms with Crippen LogP contribution in [0.3, 0.4) is 0 Å². The Balaban J connectivity index is 1.36. The summed E-state index contributed by atoms with van der Waals surface area (Å²) in [5.74, 6) is 0.793. The van der Waals surface area contributed by atoms with Gasteiger partial charge in [-0.1, -0.05) is 0 Å². The van der Waals surface area contributed by atoms with Crippen molar-refractivity contribution in [1.82, 2.24) is 9.80 Å². The van der Waals surface area contributed by atoms with Crippen LogP contribution in [0.4, 0.5) is 15.3 Å². The van der Waals surface area contributed by atoms with E-state index in [0.29, 0.717) is 26.1 Å². The second-order valence-electron chi connectivity index (χ2n) is 7.23. The molecule has 1 N–H and O–H groups in total. The summed E-state index contributed by atoms with van der Waals surface area (Å²) in [5, 5.41) is 2.95. The van der Waals surface area contributed by atoms with Crippen LogP contribution in [0.25, 0.3) is 11.3 Å². The summed E-state index contributed by atoms with van der Waals surface area (Å²) in [6.07, 6.45) is 3.62.